The SMILES string of the molecule is CC1(C(=O)O)CCCN1c1cccc(Cl)c1C#N. The second kappa shape index (κ2) is 4.51. The molecule has 0 radical (unpaired) electrons. The van der Waals surface area contributed by atoms with E-state index in [-0.39, 0.29) is 0 Å². The lowest BCUT2D eigenvalue weighted by molar-refractivity contribution is -0.142. The van der Waals surface area contributed by atoms with Crippen LogP contribution in [0.5, 0.6) is 0 Å². The second-order valence-corrected chi connectivity index (χ2v) is 4.99. The number of nitrogens with zero attached hydrogens (tertiary/aromatic N) is 2. The first kappa shape index (κ1) is 12.7. The smallest absolute Gasteiger partial charge is 0.329 e. The monoisotopic (exact) mass is 264 g/mol. The van der Waals surface area contributed by atoms with Crippen LogP contribution in [-0.4, -0.2) is 23.2 Å². The molecule has 18 heavy (non-hydrogen) atoms. The number of benzene rings is 1. The van der Waals surface area contributed by atoms with Crippen LogP contribution in [0.25, 0.3) is 0 Å². The summed E-state index contributed by atoms with van der Waals surface area (Å²) in [5.41, 5.74) is -0.0167. The van der Waals surface area contributed by atoms with Gasteiger partial charge in [-0.15, -0.1) is 0 Å². The minimum Gasteiger partial charge on any atom is -0.480 e. The summed E-state index contributed by atoms with van der Waals surface area (Å²) < 4.78 is 0. The van der Waals surface area contributed by atoms with E-state index < -0.39 is 11.5 Å². The number of carboxylic acid groups (broad SMARTS) is 1. The number of anilines is 1. The molecule has 1 heterocycles. The molecular formula is C13H13ClN2O2. The van der Waals surface area contributed by atoms with Gasteiger partial charge in [0.2, 0.25) is 0 Å². The molecule has 94 valence electrons. The van der Waals surface area contributed by atoms with Crippen LogP contribution in [0, 0.1) is 11.3 Å². The van der Waals surface area contributed by atoms with Crippen molar-refractivity contribution in [1.82, 2.24) is 0 Å². The predicted molar refractivity (Wildman–Crippen MR) is 68.8 cm³/mol. The summed E-state index contributed by atoms with van der Waals surface area (Å²) in [5, 5.41) is 18.9. The lowest BCUT2D eigenvalue weighted by atomic mass is 9.98. The second-order valence-electron chi connectivity index (χ2n) is 4.58. The lowest BCUT2D eigenvalue weighted by Crippen LogP contribution is -2.48. The molecular weight excluding hydrogens is 252 g/mol. The molecule has 0 amide bonds. The van der Waals surface area contributed by atoms with Crippen LogP contribution in [-0.2, 0) is 4.79 Å². The molecule has 2 rings (SSSR count). The Balaban J connectivity index is 2.53. The number of halogens is 1. The van der Waals surface area contributed by atoms with Crippen molar-refractivity contribution in [3.8, 4) is 6.07 Å². The van der Waals surface area contributed by atoms with Gasteiger partial charge in [-0.2, -0.15) is 5.26 Å². The topological polar surface area (TPSA) is 64.3 Å². The molecule has 1 aromatic rings. The van der Waals surface area contributed by atoms with Crippen molar-refractivity contribution in [1.29, 1.82) is 5.26 Å². The van der Waals surface area contributed by atoms with E-state index in [4.69, 9.17) is 16.9 Å². The molecule has 4 nitrogen and oxygen atoms in total. The maximum Gasteiger partial charge on any atom is 0.329 e. The summed E-state index contributed by atoms with van der Waals surface area (Å²) in [5.74, 6) is -0.871. The molecule has 1 atom stereocenters. The van der Waals surface area contributed by atoms with E-state index in [0.29, 0.717) is 29.2 Å². The van der Waals surface area contributed by atoms with Crippen LogP contribution in [0.4, 0.5) is 5.69 Å². The summed E-state index contributed by atoms with van der Waals surface area (Å²) in [6, 6.07) is 7.17. The molecule has 1 unspecified atom stereocenters. The highest BCUT2D eigenvalue weighted by molar-refractivity contribution is 6.32. The standard InChI is InChI=1S/C13H13ClN2O2/c1-13(12(17)18)6-3-7-16(13)11-5-2-4-10(14)9(11)8-15/h2,4-5H,3,6-7H2,1H3,(H,17,18). The molecule has 1 aliphatic heterocycles. The van der Waals surface area contributed by atoms with Crippen molar-refractivity contribution >= 4 is 23.3 Å². The maximum absolute atomic E-state index is 11.4. The number of aliphatic carboxylic acids is 1. The Morgan fingerprint density at radius 1 is 1.61 bits per heavy atom. The molecule has 1 saturated heterocycles. The van der Waals surface area contributed by atoms with E-state index in [1.165, 1.54) is 0 Å². The summed E-state index contributed by atoms with van der Waals surface area (Å²) in [6.07, 6.45) is 1.36. The quantitative estimate of drug-likeness (QED) is 0.892. The third-order valence-corrected chi connectivity index (χ3v) is 3.81. The van der Waals surface area contributed by atoms with Crippen molar-refractivity contribution in [2.45, 2.75) is 25.3 Å². The number of nitriles is 1. The predicted octanol–water partition coefficient (Wildman–Crippen LogP) is 2.66. The normalized spacial score (nSPS) is 22.8. The third kappa shape index (κ3) is 1.81. The van der Waals surface area contributed by atoms with E-state index >= 15 is 0 Å². The minimum absolute atomic E-state index is 0.341. The van der Waals surface area contributed by atoms with Crippen LogP contribution >= 0.6 is 11.6 Å². The molecule has 0 aliphatic carbocycles. The Hall–Kier alpha value is -1.73. The van der Waals surface area contributed by atoms with E-state index in [0.717, 1.165) is 6.42 Å². The Bertz CT molecular complexity index is 538. The molecule has 0 spiro atoms. The van der Waals surface area contributed by atoms with E-state index in [1.807, 2.05) is 0 Å². The number of carboxylic acids is 1. The molecule has 1 aliphatic rings. The highest BCUT2D eigenvalue weighted by Crippen LogP contribution is 2.37. The first-order chi connectivity index (χ1) is 8.50. The molecule has 1 N–H and O–H groups in total. The van der Waals surface area contributed by atoms with Crippen LogP contribution in [0.3, 0.4) is 0 Å². The van der Waals surface area contributed by atoms with Gasteiger partial charge in [-0.05, 0) is 31.9 Å². The summed E-state index contributed by atoms with van der Waals surface area (Å²) in [6.45, 7) is 2.31. The van der Waals surface area contributed by atoms with Gasteiger partial charge < -0.3 is 10.0 Å². The van der Waals surface area contributed by atoms with Crippen molar-refractivity contribution in [2.75, 3.05) is 11.4 Å². The third-order valence-electron chi connectivity index (χ3n) is 3.50. The molecule has 0 aromatic heterocycles. The maximum atomic E-state index is 11.4. The molecule has 1 fully saturated rings. The fraction of sp³-hybridized carbons (Fsp3) is 0.385. The Morgan fingerprint density at radius 3 is 2.94 bits per heavy atom. The van der Waals surface area contributed by atoms with Crippen LogP contribution in [0.2, 0.25) is 5.02 Å². The Labute approximate surface area is 110 Å². The van der Waals surface area contributed by atoms with E-state index in [1.54, 1.807) is 30.0 Å². The first-order valence-electron chi connectivity index (χ1n) is 5.70. The molecule has 0 saturated carbocycles. The number of carbonyl (C=O) groups is 1. The summed E-state index contributed by atoms with van der Waals surface area (Å²) >= 11 is 5.98. The minimum atomic E-state index is -0.962. The molecule has 0 bridgehead atoms. The van der Waals surface area contributed by atoms with Gasteiger partial charge in [-0.1, -0.05) is 17.7 Å². The Morgan fingerprint density at radius 2 is 2.33 bits per heavy atom. The average Bonchev–Trinajstić information content (AvgIpc) is 2.72. The van der Waals surface area contributed by atoms with Gasteiger partial charge in [0, 0.05) is 6.54 Å². The fourth-order valence-corrected chi connectivity index (χ4v) is 2.63. The van der Waals surface area contributed by atoms with E-state index in [2.05, 4.69) is 6.07 Å². The van der Waals surface area contributed by atoms with Gasteiger partial charge in [-0.3, -0.25) is 0 Å². The highest BCUT2D eigenvalue weighted by atomic mass is 35.5. The van der Waals surface area contributed by atoms with Gasteiger partial charge in [0.1, 0.15) is 11.6 Å². The van der Waals surface area contributed by atoms with Gasteiger partial charge in [0.05, 0.1) is 16.3 Å². The van der Waals surface area contributed by atoms with Gasteiger partial charge in [0.15, 0.2) is 0 Å². The number of hydrogen-bond acceptors (Lipinski definition) is 3. The number of hydrogen-bond donors (Lipinski definition) is 1. The zero-order chi connectivity index (χ0) is 13.3. The van der Waals surface area contributed by atoms with Crippen molar-refractivity contribution in [3.63, 3.8) is 0 Å². The van der Waals surface area contributed by atoms with Crippen LogP contribution in [0.15, 0.2) is 18.2 Å². The van der Waals surface area contributed by atoms with Gasteiger partial charge >= 0.3 is 5.97 Å². The fourth-order valence-electron chi connectivity index (χ4n) is 2.42. The zero-order valence-electron chi connectivity index (χ0n) is 9.98. The summed E-state index contributed by atoms with van der Waals surface area (Å²) in [7, 11) is 0. The highest BCUT2D eigenvalue weighted by Gasteiger charge is 2.44. The van der Waals surface area contributed by atoms with Crippen molar-refractivity contribution in [3.05, 3.63) is 28.8 Å². The summed E-state index contributed by atoms with van der Waals surface area (Å²) in [4.78, 5) is 13.2. The lowest BCUT2D eigenvalue weighted by Gasteiger charge is -2.33. The van der Waals surface area contributed by atoms with E-state index in [9.17, 15) is 9.90 Å². The van der Waals surface area contributed by atoms with Gasteiger partial charge in [-0.25, -0.2) is 4.79 Å². The van der Waals surface area contributed by atoms with Crippen LogP contribution < -0.4 is 4.90 Å². The van der Waals surface area contributed by atoms with Crippen molar-refractivity contribution in [2.24, 2.45) is 0 Å². The molecule has 1 aromatic carbocycles. The zero-order valence-corrected chi connectivity index (χ0v) is 10.7. The van der Waals surface area contributed by atoms with Crippen LogP contribution in [0.1, 0.15) is 25.3 Å². The van der Waals surface area contributed by atoms with Crippen molar-refractivity contribution < 1.29 is 9.90 Å². The Kier molecular flexibility index (Phi) is 3.18. The molecule has 5 heteroatoms. The number of rotatable bonds is 2. The largest absolute Gasteiger partial charge is 0.480 e. The average molecular weight is 265 g/mol. The first-order valence-corrected chi connectivity index (χ1v) is 6.08. The van der Waals surface area contributed by atoms with Gasteiger partial charge in [0.25, 0.3) is 0 Å².